The Kier molecular flexibility index (Phi) is 5.50. The van der Waals surface area contributed by atoms with Gasteiger partial charge in [0.05, 0.1) is 5.75 Å². The van der Waals surface area contributed by atoms with Crippen molar-refractivity contribution in [2.75, 3.05) is 11.4 Å². The van der Waals surface area contributed by atoms with Gasteiger partial charge in [0.1, 0.15) is 17.7 Å². The van der Waals surface area contributed by atoms with E-state index in [-0.39, 0.29) is 29.4 Å². The molecule has 0 radical (unpaired) electrons. The van der Waals surface area contributed by atoms with Crippen LogP contribution >= 0.6 is 11.6 Å². The Hall–Kier alpha value is -2.03. The average Bonchev–Trinajstić information content (AvgIpc) is 2.94. The molecule has 1 aliphatic heterocycles. The van der Waals surface area contributed by atoms with E-state index in [1.54, 1.807) is 6.92 Å². The van der Waals surface area contributed by atoms with Crippen LogP contribution < -0.4 is 9.62 Å². The van der Waals surface area contributed by atoms with Crippen LogP contribution in [-0.2, 0) is 20.6 Å². The SMILES string of the molecule is Cc1cc(N2CC[C@H](NS(=O)(=O)Cc3c(F)cccc3Cl)C2=O)ccc1F. The Morgan fingerprint density at radius 3 is 2.63 bits per heavy atom. The normalized spacial score (nSPS) is 17.6. The van der Waals surface area contributed by atoms with Gasteiger partial charge < -0.3 is 4.90 Å². The van der Waals surface area contributed by atoms with E-state index in [2.05, 4.69) is 4.72 Å². The van der Waals surface area contributed by atoms with Crippen molar-refractivity contribution in [3.63, 3.8) is 0 Å². The maximum Gasteiger partial charge on any atom is 0.245 e. The Bertz CT molecular complexity index is 978. The van der Waals surface area contributed by atoms with E-state index < -0.39 is 33.5 Å². The molecule has 1 N–H and O–H groups in total. The van der Waals surface area contributed by atoms with E-state index in [0.29, 0.717) is 11.3 Å². The summed E-state index contributed by atoms with van der Waals surface area (Å²) in [7, 11) is -4.00. The molecule has 0 bridgehead atoms. The maximum atomic E-state index is 13.8. The Labute approximate surface area is 161 Å². The zero-order valence-corrected chi connectivity index (χ0v) is 15.9. The summed E-state index contributed by atoms with van der Waals surface area (Å²) in [5, 5.41) is 0.00142. The first kappa shape index (κ1) is 19.7. The molecule has 1 aliphatic rings. The Morgan fingerprint density at radius 2 is 1.96 bits per heavy atom. The highest BCUT2D eigenvalue weighted by atomic mass is 35.5. The average molecular weight is 415 g/mol. The van der Waals surface area contributed by atoms with Crippen molar-refractivity contribution in [3.05, 3.63) is 64.2 Å². The van der Waals surface area contributed by atoms with Crippen molar-refractivity contribution >= 4 is 33.2 Å². The van der Waals surface area contributed by atoms with E-state index in [9.17, 15) is 22.0 Å². The van der Waals surface area contributed by atoms with E-state index in [1.807, 2.05) is 0 Å². The summed E-state index contributed by atoms with van der Waals surface area (Å²) in [6, 6.07) is 7.19. The maximum absolute atomic E-state index is 13.8. The quantitative estimate of drug-likeness (QED) is 0.817. The lowest BCUT2D eigenvalue weighted by Gasteiger charge is -2.18. The third-order valence-corrected chi connectivity index (χ3v) is 6.04. The standard InChI is InChI=1S/C18H17ClF2N2O3S/c1-11-9-12(5-6-15(11)20)23-8-7-17(18(23)24)22-27(25,26)10-13-14(19)3-2-4-16(13)21/h2-6,9,17,22H,7-8,10H2,1H3/t17-/m0/s1. The second-order valence-corrected chi connectivity index (χ2v) is 8.50. The molecule has 144 valence electrons. The van der Waals surface area contributed by atoms with Crippen molar-refractivity contribution in [1.29, 1.82) is 0 Å². The summed E-state index contributed by atoms with van der Waals surface area (Å²) >= 11 is 5.87. The molecule has 1 heterocycles. The van der Waals surface area contributed by atoms with E-state index >= 15 is 0 Å². The fourth-order valence-electron chi connectivity index (χ4n) is 2.96. The van der Waals surface area contributed by atoms with Gasteiger partial charge in [-0.2, -0.15) is 0 Å². The van der Waals surface area contributed by atoms with Gasteiger partial charge in [0.15, 0.2) is 0 Å². The summed E-state index contributed by atoms with van der Waals surface area (Å²) in [4.78, 5) is 14.0. The third-order valence-electron chi connectivity index (χ3n) is 4.38. The molecule has 27 heavy (non-hydrogen) atoms. The number of anilines is 1. The van der Waals surface area contributed by atoms with Gasteiger partial charge in [0, 0.05) is 22.8 Å². The van der Waals surface area contributed by atoms with Crippen molar-refractivity contribution in [2.24, 2.45) is 0 Å². The van der Waals surface area contributed by atoms with Crippen LogP contribution in [0.15, 0.2) is 36.4 Å². The number of nitrogens with one attached hydrogen (secondary N) is 1. The van der Waals surface area contributed by atoms with Crippen molar-refractivity contribution in [1.82, 2.24) is 4.72 Å². The minimum absolute atomic E-state index is 0.00142. The van der Waals surface area contributed by atoms with Crippen molar-refractivity contribution in [3.8, 4) is 0 Å². The molecule has 1 atom stereocenters. The zero-order valence-electron chi connectivity index (χ0n) is 14.4. The highest BCUT2D eigenvalue weighted by Gasteiger charge is 2.35. The van der Waals surface area contributed by atoms with Crippen LogP contribution in [-0.4, -0.2) is 26.9 Å². The summed E-state index contributed by atoms with van der Waals surface area (Å²) in [6.45, 7) is 1.87. The minimum atomic E-state index is -4.00. The number of nitrogens with zero attached hydrogens (tertiary/aromatic N) is 1. The molecule has 1 amide bonds. The molecule has 0 unspecified atom stereocenters. The number of halogens is 3. The van der Waals surface area contributed by atoms with Crippen LogP contribution in [0.1, 0.15) is 17.5 Å². The molecule has 0 spiro atoms. The van der Waals surface area contributed by atoms with Gasteiger partial charge in [-0.25, -0.2) is 21.9 Å². The molecule has 3 rings (SSSR count). The van der Waals surface area contributed by atoms with Gasteiger partial charge in [0.2, 0.25) is 15.9 Å². The third kappa shape index (κ3) is 4.28. The lowest BCUT2D eigenvalue weighted by Crippen LogP contribution is -2.42. The van der Waals surface area contributed by atoms with Crippen LogP contribution in [0.5, 0.6) is 0 Å². The number of carbonyl (C=O) groups is 1. The summed E-state index contributed by atoms with van der Waals surface area (Å²) < 4.78 is 54.4. The van der Waals surface area contributed by atoms with Crippen LogP contribution in [0.2, 0.25) is 5.02 Å². The first-order chi connectivity index (χ1) is 12.7. The fourth-order valence-corrected chi connectivity index (χ4v) is 4.68. The number of aryl methyl sites for hydroxylation is 1. The van der Waals surface area contributed by atoms with E-state index in [4.69, 9.17) is 11.6 Å². The first-order valence-electron chi connectivity index (χ1n) is 8.18. The Balaban J connectivity index is 1.74. The molecule has 5 nitrogen and oxygen atoms in total. The number of benzene rings is 2. The second-order valence-electron chi connectivity index (χ2n) is 6.34. The van der Waals surface area contributed by atoms with Gasteiger partial charge in [-0.1, -0.05) is 17.7 Å². The monoisotopic (exact) mass is 414 g/mol. The predicted molar refractivity (Wildman–Crippen MR) is 99.1 cm³/mol. The molecule has 2 aromatic rings. The largest absolute Gasteiger partial charge is 0.311 e. The minimum Gasteiger partial charge on any atom is -0.311 e. The van der Waals surface area contributed by atoms with Gasteiger partial charge in [-0.05, 0) is 49.2 Å². The predicted octanol–water partition coefficient (Wildman–Crippen LogP) is 3.15. The van der Waals surface area contributed by atoms with Crippen LogP contribution in [0.4, 0.5) is 14.5 Å². The zero-order chi connectivity index (χ0) is 19.8. The topological polar surface area (TPSA) is 66.5 Å². The number of rotatable bonds is 5. The van der Waals surface area contributed by atoms with Gasteiger partial charge in [-0.3, -0.25) is 4.79 Å². The van der Waals surface area contributed by atoms with Gasteiger partial charge in [0.25, 0.3) is 0 Å². The lowest BCUT2D eigenvalue weighted by molar-refractivity contribution is -0.118. The molecule has 0 aliphatic carbocycles. The molecule has 1 fully saturated rings. The van der Waals surface area contributed by atoms with Crippen LogP contribution in [0.3, 0.4) is 0 Å². The molecule has 1 saturated heterocycles. The van der Waals surface area contributed by atoms with Crippen LogP contribution in [0.25, 0.3) is 0 Å². The summed E-state index contributed by atoms with van der Waals surface area (Å²) in [5.41, 5.74) is 0.736. The molecule has 9 heteroatoms. The van der Waals surface area contributed by atoms with Gasteiger partial charge >= 0.3 is 0 Å². The fraction of sp³-hybridized carbons (Fsp3) is 0.278. The highest BCUT2D eigenvalue weighted by Crippen LogP contribution is 2.25. The van der Waals surface area contributed by atoms with E-state index in [1.165, 1.54) is 35.2 Å². The van der Waals surface area contributed by atoms with Crippen molar-refractivity contribution < 1.29 is 22.0 Å². The summed E-state index contributed by atoms with van der Waals surface area (Å²) in [6.07, 6.45) is 0.249. The van der Waals surface area contributed by atoms with Crippen LogP contribution in [0, 0.1) is 18.6 Å². The number of sulfonamides is 1. The molecule has 0 saturated carbocycles. The number of carbonyl (C=O) groups excluding carboxylic acids is 1. The van der Waals surface area contributed by atoms with E-state index in [0.717, 1.165) is 6.07 Å². The molecular formula is C18H17ClF2N2O3S. The second kappa shape index (κ2) is 7.53. The highest BCUT2D eigenvalue weighted by molar-refractivity contribution is 7.88. The molecule has 0 aromatic heterocycles. The number of hydrogen-bond donors (Lipinski definition) is 1. The molecular weight excluding hydrogens is 398 g/mol. The van der Waals surface area contributed by atoms with Gasteiger partial charge in [-0.15, -0.1) is 0 Å². The summed E-state index contributed by atoms with van der Waals surface area (Å²) in [5.74, 6) is -2.22. The Morgan fingerprint density at radius 1 is 1.22 bits per heavy atom. The lowest BCUT2D eigenvalue weighted by atomic mass is 10.2. The molecule has 2 aromatic carbocycles. The first-order valence-corrected chi connectivity index (χ1v) is 10.2. The number of amides is 1. The van der Waals surface area contributed by atoms with Crippen molar-refractivity contribution in [2.45, 2.75) is 25.1 Å². The number of hydrogen-bond acceptors (Lipinski definition) is 3. The smallest absolute Gasteiger partial charge is 0.245 e.